The van der Waals surface area contributed by atoms with E-state index in [4.69, 9.17) is 4.74 Å². The van der Waals surface area contributed by atoms with Crippen molar-refractivity contribution in [2.75, 3.05) is 43.5 Å². The molecule has 4 rings (SSSR count). The van der Waals surface area contributed by atoms with Crippen molar-refractivity contribution in [3.8, 4) is 11.4 Å². The Labute approximate surface area is 170 Å². The second-order valence-corrected chi connectivity index (χ2v) is 7.52. The molecule has 2 aliphatic heterocycles. The van der Waals surface area contributed by atoms with Gasteiger partial charge in [-0.2, -0.15) is 0 Å². The minimum atomic E-state index is -0.0455. The van der Waals surface area contributed by atoms with Gasteiger partial charge in [0.15, 0.2) is 0 Å². The summed E-state index contributed by atoms with van der Waals surface area (Å²) in [6.07, 6.45) is 7.17. The predicted octanol–water partition coefficient (Wildman–Crippen LogP) is 1.71. The maximum atomic E-state index is 12.4. The first kappa shape index (κ1) is 19.7. The summed E-state index contributed by atoms with van der Waals surface area (Å²) in [5, 5.41) is 9.47. The SMILES string of the molecule is O=C(Nc1nccc(-c2cc(NCC3CCOCC3)ncn2)n1)[C@@H]1CCCNC1. The van der Waals surface area contributed by atoms with Gasteiger partial charge in [-0.25, -0.2) is 19.9 Å². The smallest absolute Gasteiger partial charge is 0.231 e. The molecule has 1 atom stereocenters. The highest BCUT2D eigenvalue weighted by atomic mass is 16.5. The molecular formula is C20H27N7O2. The molecule has 2 fully saturated rings. The molecule has 0 aliphatic carbocycles. The van der Waals surface area contributed by atoms with Crippen LogP contribution in [-0.4, -0.2) is 58.7 Å². The number of ether oxygens (including phenoxy) is 1. The Kier molecular flexibility index (Phi) is 6.58. The summed E-state index contributed by atoms with van der Waals surface area (Å²) >= 11 is 0. The third kappa shape index (κ3) is 5.45. The van der Waals surface area contributed by atoms with E-state index >= 15 is 0 Å². The molecule has 9 nitrogen and oxygen atoms in total. The van der Waals surface area contributed by atoms with Crippen LogP contribution in [0, 0.1) is 11.8 Å². The molecule has 2 aromatic rings. The van der Waals surface area contributed by atoms with Crippen LogP contribution >= 0.6 is 0 Å². The zero-order valence-corrected chi connectivity index (χ0v) is 16.4. The summed E-state index contributed by atoms with van der Waals surface area (Å²) < 4.78 is 5.40. The number of nitrogens with one attached hydrogen (secondary N) is 3. The average Bonchev–Trinajstić information content (AvgIpc) is 2.79. The van der Waals surface area contributed by atoms with Crippen LogP contribution in [0.2, 0.25) is 0 Å². The number of aromatic nitrogens is 4. The number of piperidine rings is 1. The number of amides is 1. The number of anilines is 2. The van der Waals surface area contributed by atoms with Crippen molar-refractivity contribution in [3.63, 3.8) is 0 Å². The minimum absolute atomic E-state index is 0.0453. The lowest BCUT2D eigenvalue weighted by Crippen LogP contribution is -2.37. The molecule has 1 amide bonds. The molecule has 0 unspecified atom stereocenters. The first-order valence-corrected chi connectivity index (χ1v) is 10.3. The average molecular weight is 397 g/mol. The Hall–Kier alpha value is -2.65. The number of carbonyl (C=O) groups is 1. The van der Waals surface area contributed by atoms with Crippen LogP contribution in [0.4, 0.5) is 11.8 Å². The Morgan fingerprint density at radius 3 is 2.90 bits per heavy atom. The molecule has 0 aromatic carbocycles. The Morgan fingerprint density at radius 1 is 1.17 bits per heavy atom. The molecule has 4 heterocycles. The second-order valence-electron chi connectivity index (χ2n) is 7.52. The highest BCUT2D eigenvalue weighted by Crippen LogP contribution is 2.20. The number of hydrogen-bond acceptors (Lipinski definition) is 8. The molecule has 0 spiro atoms. The zero-order valence-electron chi connectivity index (χ0n) is 16.4. The Bertz CT molecular complexity index is 820. The van der Waals surface area contributed by atoms with Crippen LogP contribution < -0.4 is 16.0 Å². The lowest BCUT2D eigenvalue weighted by Gasteiger charge is -2.22. The second kappa shape index (κ2) is 9.71. The molecular weight excluding hydrogens is 370 g/mol. The van der Waals surface area contributed by atoms with Crippen LogP contribution in [0.15, 0.2) is 24.7 Å². The molecule has 2 aromatic heterocycles. The van der Waals surface area contributed by atoms with Gasteiger partial charge in [-0.05, 0) is 44.2 Å². The van der Waals surface area contributed by atoms with E-state index in [2.05, 4.69) is 35.9 Å². The van der Waals surface area contributed by atoms with Crippen LogP contribution in [0.5, 0.6) is 0 Å². The number of carbonyl (C=O) groups excluding carboxylic acids is 1. The van der Waals surface area contributed by atoms with E-state index in [0.29, 0.717) is 29.8 Å². The summed E-state index contributed by atoms with van der Waals surface area (Å²) in [5.41, 5.74) is 1.33. The van der Waals surface area contributed by atoms with Gasteiger partial charge in [0.25, 0.3) is 0 Å². The topological polar surface area (TPSA) is 114 Å². The number of nitrogens with zero attached hydrogens (tertiary/aromatic N) is 4. The standard InChI is InChI=1S/C20H27N7O2/c28-19(15-2-1-6-21-12-15)27-20-22-7-3-16(26-20)17-10-18(25-13-24-17)23-11-14-4-8-29-9-5-14/h3,7,10,13-15,21H,1-2,4-6,8-9,11-12H2,(H,23,24,25)(H,22,26,27,28)/t15-/m1/s1. The largest absolute Gasteiger partial charge is 0.381 e. The van der Waals surface area contributed by atoms with Crippen molar-refractivity contribution in [1.29, 1.82) is 0 Å². The van der Waals surface area contributed by atoms with Gasteiger partial charge in [0, 0.05) is 38.6 Å². The molecule has 0 radical (unpaired) electrons. The molecule has 0 saturated carbocycles. The quantitative estimate of drug-likeness (QED) is 0.675. The van der Waals surface area contributed by atoms with Gasteiger partial charge in [-0.15, -0.1) is 0 Å². The van der Waals surface area contributed by atoms with Gasteiger partial charge in [-0.1, -0.05) is 0 Å². The van der Waals surface area contributed by atoms with Crippen molar-refractivity contribution < 1.29 is 9.53 Å². The van der Waals surface area contributed by atoms with Crippen molar-refractivity contribution in [2.45, 2.75) is 25.7 Å². The fourth-order valence-corrected chi connectivity index (χ4v) is 3.64. The number of hydrogen-bond donors (Lipinski definition) is 3. The van der Waals surface area contributed by atoms with E-state index in [1.807, 2.05) is 6.07 Å². The Balaban J connectivity index is 1.40. The van der Waals surface area contributed by atoms with Gasteiger partial charge in [0.1, 0.15) is 12.1 Å². The van der Waals surface area contributed by atoms with Gasteiger partial charge in [-0.3, -0.25) is 10.1 Å². The maximum Gasteiger partial charge on any atom is 0.231 e. The Morgan fingerprint density at radius 2 is 2.07 bits per heavy atom. The molecule has 9 heteroatoms. The first-order chi connectivity index (χ1) is 14.3. The molecule has 154 valence electrons. The third-order valence-corrected chi connectivity index (χ3v) is 5.40. The lowest BCUT2D eigenvalue weighted by molar-refractivity contribution is -0.120. The van der Waals surface area contributed by atoms with Gasteiger partial charge in [0.2, 0.25) is 11.9 Å². The van der Waals surface area contributed by atoms with E-state index < -0.39 is 0 Å². The van der Waals surface area contributed by atoms with E-state index in [9.17, 15) is 4.79 Å². The molecule has 2 aliphatic rings. The van der Waals surface area contributed by atoms with Crippen molar-refractivity contribution >= 4 is 17.7 Å². The highest BCUT2D eigenvalue weighted by molar-refractivity contribution is 5.91. The van der Waals surface area contributed by atoms with Crippen LogP contribution in [0.1, 0.15) is 25.7 Å². The maximum absolute atomic E-state index is 12.4. The van der Waals surface area contributed by atoms with Gasteiger partial charge >= 0.3 is 0 Å². The van der Waals surface area contributed by atoms with E-state index in [1.54, 1.807) is 12.3 Å². The van der Waals surface area contributed by atoms with Crippen LogP contribution in [0.3, 0.4) is 0 Å². The summed E-state index contributed by atoms with van der Waals surface area (Å²) in [5.74, 6) is 1.57. The van der Waals surface area contributed by atoms with Gasteiger partial charge in [0.05, 0.1) is 17.3 Å². The van der Waals surface area contributed by atoms with Crippen molar-refractivity contribution in [1.82, 2.24) is 25.3 Å². The van der Waals surface area contributed by atoms with Crippen molar-refractivity contribution in [2.24, 2.45) is 11.8 Å². The summed E-state index contributed by atoms with van der Waals surface area (Å²) in [6.45, 7) is 4.18. The number of rotatable bonds is 6. The zero-order chi connectivity index (χ0) is 19.9. The summed E-state index contributed by atoms with van der Waals surface area (Å²) in [4.78, 5) is 29.7. The normalized spacial score (nSPS) is 20.2. The molecule has 0 bridgehead atoms. The van der Waals surface area contributed by atoms with Crippen LogP contribution in [0.25, 0.3) is 11.4 Å². The molecule has 2 saturated heterocycles. The van der Waals surface area contributed by atoms with Crippen LogP contribution in [-0.2, 0) is 9.53 Å². The monoisotopic (exact) mass is 397 g/mol. The van der Waals surface area contributed by atoms with Crippen molar-refractivity contribution in [3.05, 3.63) is 24.7 Å². The molecule has 3 N–H and O–H groups in total. The third-order valence-electron chi connectivity index (χ3n) is 5.40. The molecule has 29 heavy (non-hydrogen) atoms. The summed E-state index contributed by atoms with van der Waals surface area (Å²) in [6, 6.07) is 3.65. The van der Waals surface area contributed by atoms with E-state index in [0.717, 1.165) is 57.8 Å². The lowest BCUT2D eigenvalue weighted by atomic mass is 9.99. The van der Waals surface area contributed by atoms with E-state index in [1.165, 1.54) is 6.33 Å². The predicted molar refractivity (Wildman–Crippen MR) is 109 cm³/mol. The fraction of sp³-hybridized carbons (Fsp3) is 0.550. The minimum Gasteiger partial charge on any atom is -0.381 e. The highest BCUT2D eigenvalue weighted by Gasteiger charge is 2.21. The van der Waals surface area contributed by atoms with Gasteiger partial charge < -0.3 is 15.4 Å². The fourth-order valence-electron chi connectivity index (χ4n) is 3.64. The van der Waals surface area contributed by atoms with E-state index in [-0.39, 0.29) is 11.8 Å². The first-order valence-electron chi connectivity index (χ1n) is 10.3. The summed E-state index contributed by atoms with van der Waals surface area (Å²) in [7, 11) is 0.